The molecule has 82 valence electrons. The molecular formula is C11H15NO3. The summed E-state index contributed by atoms with van der Waals surface area (Å²) in [6.07, 6.45) is 2.78. The molecule has 0 bridgehead atoms. The van der Waals surface area contributed by atoms with E-state index in [2.05, 4.69) is 4.90 Å². The van der Waals surface area contributed by atoms with Crippen molar-refractivity contribution in [3.05, 3.63) is 24.2 Å². The van der Waals surface area contributed by atoms with E-state index >= 15 is 0 Å². The van der Waals surface area contributed by atoms with Crippen LogP contribution >= 0.6 is 0 Å². The van der Waals surface area contributed by atoms with E-state index in [1.165, 1.54) is 0 Å². The van der Waals surface area contributed by atoms with Crippen molar-refractivity contribution in [1.29, 1.82) is 0 Å². The van der Waals surface area contributed by atoms with Gasteiger partial charge < -0.3 is 9.52 Å². The SMILES string of the molecule is CN1CCC(CC(=O)O)C1c1ccco1. The standard InChI is InChI=1S/C11H15NO3/c1-12-5-4-8(7-10(13)14)11(12)9-3-2-6-15-9/h2-3,6,8,11H,4-5,7H2,1H3,(H,13,14). The summed E-state index contributed by atoms with van der Waals surface area (Å²) in [7, 11) is 2.01. The Balaban J connectivity index is 2.15. The molecule has 1 aromatic rings. The predicted molar refractivity (Wildman–Crippen MR) is 54.4 cm³/mol. The Morgan fingerprint density at radius 2 is 2.53 bits per heavy atom. The van der Waals surface area contributed by atoms with Crippen molar-refractivity contribution in [3.8, 4) is 0 Å². The largest absolute Gasteiger partial charge is 0.481 e. The van der Waals surface area contributed by atoms with Crippen molar-refractivity contribution < 1.29 is 14.3 Å². The van der Waals surface area contributed by atoms with E-state index in [0.29, 0.717) is 0 Å². The Kier molecular flexibility index (Phi) is 2.77. The first-order valence-electron chi connectivity index (χ1n) is 5.14. The van der Waals surface area contributed by atoms with E-state index in [1.807, 2.05) is 19.2 Å². The molecule has 0 amide bonds. The minimum atomic E-state index is -0.730. The molecule has 0 saturated carbocycles. The first-order valence-corrected chi connectivity index (χ1v) is 5.14. The van der Waals surface area contributed by atoms with Crippen LogP contribution in [0.3, 0.4) is 0 Å². The summed E-state index contributed by atoms with van der Waals surface area (Å²) in [5.41, 5.74) is 0. The maximum atomic E-state index is 10.7. The van der Waals surface area contributed by atoms with E-state index < -0.39 is 5.97 Å². The predicted octanol–water partition coefficient (Wildman–Crippen LogP) is 1.75. The van der Waals surface area contributed by atoms with Crippen LogP contribution in [0.5, 0.6) is 0 Å². The van der Waals surface area contributed by atoms with Gasteiger partial charge in [-0.1, -0.05) is 0 Å². The molecule has 4 nitrogen and oxygen atoms in total. The Morgan fingerprint density at radius 1 is 1.73 bits per heavy atom. The highest BCUT2D eigenvalue weighted by Crippen LogP contribution is 2.38. The van der Waals surface area contributed by atoms with Crippen molar-refractivity contribution in [2.24, 2.45) is 5.92 Å². The van der Waals surface area contributed by atoms with Crippen LogP contribution in [0.4, 0.5) is 0 Å². The van der Waals surface area contributed by atoms with Crippen LogP contribution in [0.15, 0.2) is 22.8 Å². The number of aliphatic carboxylic acids is 1. The summed E-state index contributed by atoms with van der Waals surface area (Å²) in [6.45, 7) is 0.934. The number of carbonyl (C=O) groups is 1. The first kappa shape index (κ1) is 10.2. The van der Waals surface area contributed by atoms with Gasteiger partial charge in [-0.25, -0.2) is 0 Å². The van der Waals surface area contributed by atoms with Gasteiger partial charge in [-0.15, -0.1) is 0 Å². The molecule has 1 saturated heterocycles. The van der Waals surface area contributed by atoms with Crippen LogP contribution in [0.1, 0.15) is 24.6 Å². The van der Waals surface area contributed by atoms with Crippen LogP contribution in [0, 0.1) is 5.92 Å². The summed E-state index contributed by atoms with van der Waals surface area (Å²) in [5, 5.41) is 8.83. The number of rotatable bonds is 3. The lowest BCUT2D eigenvalue weighted by Gasteiger charge is -2.21. The van der Waals surface area contributed by atoms with Gasteiger partial charge in [0.05, 0.1) is 18.7 Å². The molecule has 0 radical (unpaired) electrons. The van der Waals surface area contributed by atoms with Gasteiger partial charge in [0.15, 0.2) is 0 Å². The zero-order valence-electron chi connectivity index (χ0n) is 8.72. The highest BCUT2D eigenvalue weighted by atomic mass is 16.4. The molecule has 1 aliphatic heterocycles. The maximum absolute atomic E-state index is 10.7. The third-order valence-corrected chi connectivity index (χ3v) is 3.05. The fraction of sp³-hybridized carbons (Fsp3) is 0.545. The van der Waals surface area contributed by atoms with E-state index in [1.54, 1.807) is 6.26 Å². The summed E-state index contributed by atoms with van der Waals surface area (Å²) in [5.74, 6) is 0.312. The lowest BCUT2D eigenvalue weighted by atomic mass is 9.95. The number of hydrogen-bond donors (Lipinski definition) is 1. The van der Waals surface area contributed by atoms with Gasteiger partial charge in [0.2, 0.25) is 0 Å². The quantitative estimate of drug-likeness (QED) is 0.824. The summed E-state index contributed by atoms with van der Waals surface area (Å²) in [4.78, 5) is 12.9. The third kappa shape index (κ3) is 2.04. The summed E-state index contributed by atoms with van der Waals surface area (Å²) < 4.78 is 5.37. The van der Waals surface area contributed by atoms with Crippen molar-refractivity contribution in [2.45, 2.75) is 18.9 Å². The maximum Gasteiger partial charge on any atom is 0.303 e. The van der Waals surface area contributed by atoms with Gasteiger partial charge in [0.1, 0.15) is 5.76 Å². The van der Waals surface area contributed by atoms with Gasteiger partial charge in [-0.3, -0.25) is 9.69 Å². The van der Waals surface area contributed by atoms with E-state index in [0.717, 1.165) is 18.7 Å². The van der Waals surface area contributed by atoms with Crippen molar-refractivity contribution in [1.82, 2.24) is 4.90 Å². The number of likely N-dealkylation sites (tertiary alicyclic amines) is 1. The number of furan rings is 1. The normalized spacial score (nSPS) is 27.0. The van der Waals surface area contributed by atoms with Crippen LogP contribution in [-0.2, 0) is 4.79 Å². The molecule has 2 atom stereocenters. The van der Waals surface area contributed by atoms with Crippen LogP contribution < -0.4 is 0 Å². The van der Waals surface area contributed by atoms with E-state index in [-0.39, 0.29) is 18.4 Å². The minimum Gasteiger partial charge on any atom is -0.481 e. The average molecular weight is 209 g/mol. The van der Waals surface area contributed by atoms with Crippen molar-refractivity contribution in [3.63, 3.8) is 0 Å². The summed E-state index contributed by atoms with van der Waals surface area (Å²) >= 11 is 0. The number of hydrogen-bond acceptors (Lipinski definition) is 3. The lowest BCUT2D eigenvalue weighted by molar-refractivity contribution is -0.138. The molecule has 1 fully saturated rings. The third-order valence-electron chi connectivity index (χ3n) is 3.05. The molecule has 1 N–H and O–H groups in total. The zero-order valence-corrected chi connectivity index (χ0v) is 8.72. The van der Waals surface area contributed by atoms with Crippen molar-refractivity contribution >= 4 is 5.97 Å². The molecule has 0 aliphatic carbocycles. The topological polar surface area (TPSA) is 53.7 Å². The molecule has 2 heterocycles. The second-order valence-corrected chi connectivity index (χ2v) is 4.09. The molecule has 0 spiro atoms. The molecular weight excluding hydrogens is 194 g/mol. The molecule has 2 unspecified atom stereocenters. The Bertz CT molecular complexity index is 334. The molecule has 0 aromatic carbocycles. The van der Waals surface area contributed by atoms with E-state index in [4.69, 9.17) is 9.52 Å². The Hall–Kier alpha value is -1.29. The smallest absolute Gasteiger partial charge is 0.303 e. The number of carboxylic acids is 1. The Labute approximate surface area is 88.5 Å². The van der Waals surface area contributed by atoms with Gasteiger partial charge in [0.25, 0.3) is 0 Å². The van der Waals surface area contributed by atoms with E-state index in [9.17, 15) is 4.79 Å². The van der Waals surface area contributed by atoms with Gasteiger partial charge >= 0.3 is 5.97 Å². The first-order chi connectivity index (χ1) is 7.18. The second kappa shape index (κ2) is 4.06. The molecule has 1 aromatic heterocycles. The highest BCUT2D eigenvalue weighted by Gasteiger charge is 2.35. The van der Waals surface area contributed by atoms with Gasteiger partial charge in [-0.05, 0) is 38.1 Å². The minimum absolute atomic E-state index is 0.121. The zero-order chi connectivity index (χ0) is 10.8. The molecule has 1 aliphatic rings. The fourth-order valence-corrected chi connectivity index (χ4v) is 2.37. The molecule has 4 heteroatoms. The van der Waals surface area contributed by atoms with Gasteiger partial charge in [-0.2, -0.15) is 0 Å². The molecule has 15 heavy (non-hydrogen) atoms. The van der Waals surface area contributed by atoms with Gasteiger partial charge in [0, 0.05) is 0 Å². The lowest BCUT2D eigenvalue weighted by Crippen LogP contribution is -2.21. The summed E-state index contributed by atoms with van der Waals surface area (Å²) in [6, 6.07) is 3.89. The second-order valence-electron chi connectivity index (χ2n) is 4.09. The van der Waals surface area contributed by atoms with Crippen LogP contribution in [0.25, 0.3) is 0 Å². The number of nitrogens with zero attached hydrogens (tertiary/aromatic N) is 1. The van der Waals surface area contributed by atoms with Crippen molar-refractivity contribution in [2.75, 3.05) is 13.6 Å². The fourth-order valence-electron chi connectivity index (χ4n) is 2.37. The monoisotopic (exact) mass is 209 g/mol. The van der Waals surface area contributed by atoms with Crippen LogP contribution in [0.2, 0.25) is 0 Å². The highest BCUT2D eigenvalue weighted by molar-refractivity contribution is 5.67. The molecule has 2 rings (SSSR count). The number of carboxylic acid groups (broad SMARTS) is 1. The van der Waals surface area contributed by atoms with Crippen LogP contribution in [-0.4, -0.2) is 29.6 Å². The average Bonchev–Trinajstić information content (AvgIpc) is 2.74. The Morgan fingerprint density at radius 3 is 3.13 bits per heavy atom.